The van der Waals surface area contributed by atoms with Gasteiger partial charge in [0.25, 0.3) is 5.91 Å². The summed E-state index contributed by atoms with van der Waals surface area (Å²) >= 11 is 1.69. The average molecular weight is 460 g/mol. The number of carbonyl (C=O) groups is 1. The summed E-state index contributed by atoms with van der Waals surface area (Å²) in [5.41, 5.74) is 3.92. The summed E-state index contributed by atoms with van der Waals surface area (Å²) in [5.74, 6) is 0.810. The maximum Gasteiger partial charge on any atom is 0.253 e. The van der Waals surface area contributed by atoms with Gasteiger partial charge in [0.05, 0.1) is 40.3 Å². The molecule has 5 heterocycles. The van der Waals surface area contributed by atoms with E-state index >= 15 is 0 Å². The van der Waals surface area contributed by atoms with E-state index in [2.05, 4.69) is 49.9 Å². The molecule has 0 radical (unpaired) electrons. The fourth-order valence-electron chi connectivity index (χ4n) is 3.97. The van der Waals surface area contributed by atoms with Gasteiger partial charge < -0.3 is 10.3 Å². The van der Waals surface area contributed by atoms with Crippen LogP contribution in [0.5, 0.6) is 0 Å². The normalized spacial score (nSPS) is 14.6. The Morgan fingerprint density at radius 1 is 1.27 bits per heavy atom. The van der Waals surface area contributed by atoms with Gasteiger partial charge in [0.15, 0.2) is 11.5 Å². The Labute approximate surface area is 192 Å². The molecule has 166 valence electrons. The predicted molar refractivity (Wildman–Crippen MR) is 122 cm³/mol. The van der Waals surface area contributed by atoms with Crippen LogP contribution in [0.25, 0.3) is 21.9 Å². The summed E-state index contributed by atoms with van der Waals surface area (Å²) in [6.45, 7) is 3.93. The van der Waals surface area contributed by atoms with E-state index in [-0.39, 0.29) is 11.9 Å². The monoisotopic (exact) mass is 459 g/mol. The zero-order valence-electron chi connectivity index (χ0n) is 18.1. The topological polar surface area (TPSA) is 119 Å². The van der Waals surface area contributed by atoms with Crippen molar-refractivity contribution in [1.82, 2.24) is 44.9 Å². The second kappa shape index (κ2) is 7.62. The van der Waals surface area contributed by atoms with Crippen LogP contribution in [0.15, 0.2) is 43.1 Å². The van der Waals surface area contributed by atoms with Crippen molar-refractivity contribution in [1.29, 1.82) is 0 Å². The van der Waals surface area contributed by atoms with Crippen molar-refractivity contribution in [3.63, 3.8) is 0 Å². The number of aromatic amines is 1. The second-order valence-electron chi connectivity index (χ2n) is 8.28. The quantitative estimate of drug-likeness (QED) is 0.402. The van der Waals surface area contributed by atoms with E-state index < -0.39 is 0 Å². The summed E-state index contributed by atoms with van der Waals surface area (Å²) in [5, 5.41) is 19.3. The first-order chi connectivity index (χ1) is 16.1. The van der Waals surface area contributed by atoms with Gasteiger partial charge in [-0.3, -0.25) is 9.20 Å². The molecule has 1 aliphatic rings. The molecule has 0 aromatic carbocycles. The van der Waals surface area contributed by atoms with Gasteiger partial charge in [0.1, 0.15) is 12.0 Å². The Morgan fingerprint density at radius 2 is 2.15 bits per heavy atom. The molecule has 11 heteroatoms. The van der Waals surface area contributed by atoms with Crippen molar-refractivity contribution < 1.29 is 4.79 Å². The van der Waals surface area contributed by atoms with Crippen molar-refractivity contribution >= 4 is 22.9 Å². The molecule has 5 aromatic rings. The fourth-order valence-corrected chi connectivity index (χ4v) is 4.84. The van der Waals surface area contributed by atoms with Crippen LogP contribution in [-0.4, -0.2) is 45.5 Å². The Bertz CT molecular complexity index is 1460. The third-order valence-corrected chi connectivity index (χ3v) is 6.86. The molecule has 6 rings (SSSR count). The number of thiophene rings is 1. The lowest BCUT2D eigenvalue weighted by Crippen LogP contribution is -2.28. The van der Waals surface area contributed by atoms with Gasteiger partial charge in [0.2, 0.25) is 0 Å². The van der Waals surface area contributed by atoms with Crippen LogP contribution in [0.2, 0.25) is 0 Å². The molecule has 1 saturated carbocycles. The van der Waals surface area contributed by atoms with Crippen molar-refractivity contribution in [3.05, 3.63) is 65.1 Å². The minimum Gasteiger partial charge on any atom is -0.342 e. The second-order valence-corrected chi connectivity index (χ2v) is 9.56. The number of hydrogen-bond acceptors (Lipinski definition) is 7. The first-order valence-electron chi connectivity index (χ1n) is 10.7. The molecule has 0 spiro atoms. The minimum absolute atomic E-state index is 0.225. The highest BCUT2D eigenvalue weighted by Crippen LogP contribution is 2.40. The van der Waals surface area contributed by atoms with Gasteiger partial charge in [-0.15, -0.1) is 26.6 Å². The van der Waals surface area contributed by atoms with Crippen LogP contribution in [0, 0.1) is 6.92 Å². The van der Waals surface area contributed by atoms with Gasteiger partial charge in [-0.2, -0.15) is 0 Å². The summed E-state index contributed by atoms with van der Waals surface area (Å²) in [7, 11) is 0. The Balaban J connectivity index is 1.49. The Kier molecular flexibility index (Phi) is 4.57. The van der Waals surface area contributed by atoms with E-state index in [1.807, 2.05) is 34.5 Å². The zero-order chi connectivity index (χ0) is 22.5. The number of nitrogens with one attached hydrogen (secondary N) is 2. The number of aryl methyl sites for hydroxylation is 1. The maximum absolute atomic E-state index is 13.3. The molecular weight excluding hydrogens is 438 g/mol. The molecule has 0 saturated heterocycles. The molecule has 2 N–H and O–H groups in total. The number of pyridine rings is 1. The standard InChI is InChI=1S/C22H21N9OS/c1-12-3-6-19(33-12)18-8-23-21-16(31-17(9-25-29-31)14-4-5-14)7-15(10-30(18)21)22(32)27-13(2)20-24-11-26-28-20/h3,6-11,13-14H,4-5H2,1-2H3,(H,27,32)(H,24,26,28). The van der Waals surface area contributed by atoms with E-state index in [4.69, 9.17) is 4.98 Å². The summed E-state index contributed by atoms with van der Waals surface area (Å²) < 4.78 is 3.78. The highest BCUT2D eigenvalue weighted by Gasteiger charge is 2.29. The number of carbonyl (C=O) groups excluding carboxylic acids is 1. The lowest BCUT2D eigenvalue weighted by molar-refractivity contribution is 0.0938. The van der Waals surface area contributed by atoms with Crippen LogP contribution >= 0.6 is 11.3 Å². The number of H-pyrrole nitrogens is 1. The van der Waals surface area contributed by atoms with Gasteiger partial charge in [-0.05, 0) is 44.9 Å². The highest BCUT2D eigenvalue weighted by molar-refractivity contribution is 7.15. The molecule has 1 unspecified atom stereocenters. The number of nitrogens with zero attached hydrogens (tertiary/aromatic N) is 7. The molecule has 1 amide bonds. The van der Waals surface area contributed by atoms with Crippen LogP contribution in [0.3, 0.4) is 0 Å². The maximum atomic E-state index is 13.3. The minimum atomic E-state index is -0.324. The van der Waals surface area contributed by atoms with Crippen molar-refractivity contribution in [2.45, 2.75) is 38.6 Å². The van der Waals surface area contributed by atoms with Crippen molar-refractivity contribution in [3.8, 4) is 16.3 Å². The molecule has 10 nitrogen and oxygen atoms in total. The van der Waals surface area contributed by atoms with Crippen LogP contribution in [0.1, 0.15) is 58.5 Å². The first-order valence-corrected chi connectivity index (χ1v) is 11.6. The smallest absolute Gasteiger partial charge is 0.253 e. The number of imidazole rings is 1. The van der Waals surface area contributed by atoms with Gasteiger partial charge in [0, 0.05) is 17.0 Å². The van der Waals surface area contributed by atoms with Gasteiger partial charge >= 0.3 is 0 Å². The fraction of sp³-hybridized carbons (Fsp3) is 0.273. The van der Waals surface area contributed by atoms with Crippen LogP contribution in [-0.2, 0) is 0 Å². The number of amides is 1. The summed E-state index contributed by atoms with van der Waals surface area (Å²) in [4.78, 5) is 23.2. The lowest BCUT2D eigenvalue weighted by Gasteiger charge is -2.14. The molecule has 1 aliphatic carbocycles. The van der Waals surface area contributed by atoms with Crippen LogP contribution in [0.4, 0.5) is 0 Å². The average Bonchev–Trinajstić information content (AvgIpc) is 3.28. The SMILES string of the molecule is Cc1ccc(-c2cnc3c(-n4nncc4C4CC4)cc(C(=O)NC(C)c4nnc[nH]4)cn23)s1. The number of hydrogen-bond donors (Lipinski definition) is 2. The molecule has 33 heavy (non-hydrogen) atoms. The third kappa shape index (κ3) is 3.50. The summed E-state index contributed by atoms with van der Waals surface area (Å²) in [6, 6.07) is 5.66. The number of fused-ring (bicyclic) bond motifs is 1. The highest BCUT2D eigenvalue weighted by atomic mass is 32.1. The van der Waals surface area contributed by atoms with E-state index in [1.165, 1.54) is 11.2 Å². The Hall–Kier alpha value is -3.86. The third-order valence-electron chi connectivity index (χ3n) is 5.83. The molecule has 0 aliphatic heterocycles. The Morgan fingerprint density at radius 3 is 2.88 bits per heavy atom. The largest absolute Gasteiger partial charge is 0.342 e. The number of aromatic nitrogens is 8. The van der Waals surface area contributed by atoms with Crippen molar-refractivity contribution in [2.24, 2.45) is 0 Å². The predicted octanol–water partition coefficient (Wildman–Crippen LogP) is 3.44. The van der Waals surface area contributed by atoms with E-state index in [9.17, 15) is 4.79 Å². The van der Waals surface area contributed by atoms with E-state index in [0.29, 0.717) is 17.3 Å². The molecule has 0 bridgehead atoms. The number of rotatable bonds is 6. The first kappa shape index (κ1) is 19.8. The van der Waals surface area contributed by atoms with Gasteiger partial charge in [-0.25, -0.2) is 9.67 Å². The molecule has 5 aromatic heterocycles. The lowest BCUT2D eigenvalue weighted by atomic mass is 10.2. The van der Waals surface area contributed by atoms with E-state index in [1.54, 1.807) is 17.5 Å². The van der Waals surface area contributed by atoms with E-state index in [0.717, 1.165) is 40.4 Å². The summed E-state index contributed by atoms with van der Waals surface area (Å²) in [6.07, 6.45) is 9.20. The van der Waals surface area contributed by atoms with Crippen LogP contribution < -0.4 is 5.32 Å². The van der Waals surface area contributed by atoms with Crippen molar-refractivity contribution in [2.75, 3.05) is 0 Å². The zero-order valence-corrected chi connectivity index (χ0v) is 18.9. The molecular formula is C22H21N9OS. The molecule has 1 fully saturated rings. The van der Waals surface area contributed by atoms with Gasteiger partial charge in [-0.1, -0.05) is 5.21 Å². The molecule has 1 atom stereocenters.